The highest BCUT2D eigenvalue weighted by molar-refractivity contribution is 5.97. The Bertz CT molecular complexity index is 386. The van der Waals surface area contributed by atoms with Gasteiger partial charge < -0.3 is 4.90 Å². The van der Waals surface area contributed by atoms with Crippen molar-refractivity contribution in [2.24, 2.45) is 5.92 Å². The number of halogens is 1. The van der Waals surface area contributed by atoms with Crippen LogP contribution in [0.4, 0.5) is 4.39 Å². The first-order valence-electron chi connectivity index (χ1n) is 5.38. The monoisotopic (exact) mass is 223 g/mol. The SMILES string of the molecule is CC(C)C(=O)c1cc(F)cc(CN(C)C)c1. The molecule has 0 saturated carbocycles. The fourth-order valence-electron chi connectivity index (χ4n) is 1.58. The van der Waals surface area contributed by atoms with E-state index < -0.39 is 0 Å². The van der Waals surface area contributed by atoms with E-state index in [2.05, 4.69) is 0 Å². The molecule has 3 heteroatoms. The third-order valence-electron chi connectivity index (χ3n) is 2.27. The molecule has 0 spiro atoms. The summed E-state index contributed by atoms with van der Waals surface area (Å²) in [7, 11) is 3.82. The van der Waals surface area contributed by atoms with Gasteiger partial charge in [0.25, 0.3) is 0 Å². The molecule has 0 fully saturated rings. The molecule has 0 N–H and O–H groups in total. The average molecular weight is 223 g/mol. The molecule has 0 aliphatic heterocycles. The van der Waals surface area contributed by atoms with Crippen LogP contribution in [-0.4, -0.2) is 24.8 Å². The van der Waals surface area contributed by atoms with E-state index in [1.807, 2.05) is 32.8 Å². The molecule has 0 aliphatic carbocycles. The van der Waals surface area contributed by atoms with Gasteiger partial charge in [0, 0.05) is 18.0 Å². The first kappa shape index (κ1) is 12.8. The van der Waals surface area contributed by atoms with E-state index in [0.29, 0.717) is 12.1 Å². The van der Waals surface area contributed by atoms with Crippen LogP contribution in [0.2, 0.25) is 0 Å². The Balaban J connectivity index is 3.03. The largest absolute Gasteiger partial charge is 0.305 e. The number of carbonyl (C=O) groups excluding carboxylic acids is 1. The van der Waals surface area contributed by atoms with E-state index in [9.17, 15) is 9.18 Å². The quantitative estimate of drug-likeness (QED) is 0.731. The molecule has 0 amide bonds. The minimum absolute atomic E-state index is 0.0143. The van der Waals surface area contributed by atoms with Gasteiger partial charge in [-0.15, -0.1) is 0 Å². The van der Waals surface area contributed by atoms with Crippen LogP contribution in [0, 0.1) is 11.7 Å². The predicted octanol–water partition coefficient (Wildman–Crippen LogP) is 2.73. The van der Waals surface area contributed by atoms with Crippen LogP contribution < -0.4 is 0 Å². The van der Waals surface area contributed by atoms with Gasteiger partial charge in [0.1, 0.15) is 5.82 Å². The highest BCUT2D eigenvalue weighted by Crippen LogP contribution is 2.14. The fraction of sp³-hybridized carbons (Fsp3) is 0.462. The van der Waals surface area contributed by atoms with Crippen LogP contribution in [0.5, 0.6) is 0 Å². The first-order chi connectivity index (χ1) is 7.40. The lowest BCUT2D eigenvalue weighted by Crippen LogP contribution is -2.13. The highest BCUT2D eigenvalue weighted by atomic mass is 19.1. The molecule has 0 radical (unpaired) electrons. The molecule has 2 nitrogen and oxygen atoms in total. The smallest absolute Gasteiger partial charge is 0.165 e. The van der Waals surface area contributed by atoms with Crippen molar-refractivity contribution in [1.29, 1.82) is 0 Å². The van der Waals surface area contributed by atoms with Crippen molar-refractivity contribution in [3.8, 4) is 0 Å². The molecule has 0 aromatic heterocycles. The molecule has 1 aromatic rings. The van der Waals surface area contributed by atoms with Crippen molar-refractivity contribution in [2.45, 2.75) is 20.4 Å². The summed E-state index contributed by atoms with van der Waals surface area (Å²) in [4.78, 5) is 13.7. The molecule has 0 aliphatic rings. The Morgan fingerprint density at radius 2 is 1.94 bits per heavy atom. The van der Waals surface area contributed by atoms with Crippen molar-refractivity contribution in [1.82, 2.24) is 4.90 Å². The molecule has 0 heterocycles. The molecule has 1 rings (SSSR count). The lowest BCUT2D eigenvalue weighted by Gasteiger charge is -2.11. The zero-order valence-electron chi connectivity index (χ0n) is 10.2. The number of nitrogens with zero attached hydrogens (tertiary/aromatic N) is 1. The number of hydrogen-bond donors (Lipinski definition) is 0. The zero-order chi connectivity index (χ0) is 12.3. The normalized spacial score (nSPS) is 11.2. The van der Waals surface area contributed by atoms with E-state index in [-0.39, 0.29) is 17.5 Å². The lowest BCUT2D eigenvalue weighted by molar-refractivity contribution is 0.0938. The standard InChI is InChI=1S/C13H18FNO/c1-9(2)13(16)11-5-10(8-15(3)4)6-12(14)7-11/h5-7,9H,8H2,1-4H3. The zero-order valence-corrected chi connectivity index (χ0v) is 10.2. The summed E-state index contributed by atoms with van der Waals surface area (Å²) in [5.74, 6) is -0.461. The molecule has 0 atom stereocenters. The Morgan fingerprint density at radius 1 is 1.31 bits per heavy atom. The second kappa shape index (κ2) is 5.21. The fourth-order valence-corrected chi connectivity index (χ4v) is 1.58. The highest BCUT2D eigenvalue weighted by Gasteiger charge is 2.12. The van der Waals surface area contributed by atoms with Gasteiger partial charge in [-0.1, -0.05) is 13.8 Å². The summed E-state index contributed by atoms with van der Waals surface area (Å²) in [5, 5.41) is 0. The van der Waals surface area contributed by atoms with Gasteiger partial charge in [0.2, 0.25) is 0 Å². The van der Waals surface area contributed by atoms with Gasteiger partial charge in [0.15, 0.2) is 5.78 Å². The lowest BCUT2D eigenvalue weighted by atomic mass is 9.99. The molecular formula is C13H18FNO. The number of hydrogen-bond acceptors (Lipinski definition) is 2. The van der Waals surface area contributed by atoms with Crippen molar-refractivity contribution in [3.63, 3.8) is 0 Å². The van der Waals surface area contributed by atoms with E-state index in [1.54, 1.807) is 6.07 Å². The molecule has 88 valence electrons. The Morgan fingerprint density at radius 3 is 2.44 bits per heavy atom. The number of rotatable bonds is 4. The van der Waals surface area contributed by atoms with Crippen LogP contribution in [-0.2, 0) is 6.54 Å². The molecule has 16 heavy (non-hydrogen) atoms. The van der Waals surface area contributed by atoms with Gasteiger partial charge in [0.05, 0.1) is 0 Å². The van der Waals surface area contributed by atoms with Crippen LogP contribution in [0.25, 0.3) is 0 Å². The van der Waals surface area contributed by atoms with Crippen LogP contribution in [0.15, 0.2) is 18.2 Å². The van der Waals surface area contributed by atoms with Crippen LogP contribution >= 0.6 is 0 Å². The summed E-state index contributed by atoms with van der Waals surface area (Å²) >= 11 is 0. The maximum absolute atomic E-state index is 13.3. The summed E-state index contributed by atoms with van der Waals surface area (Å²) < 4.78 is 13.3. The predicted molar refractivity (Wildman–Crippen MR) is 63.0 cm³/mol. The number of Topliss-reactive ketones (excluding diaryl/α,β-unsaturated/α-hetero) is 1. The second-order valence-corrected chi connectivity index (χ2v) is 4.60. The molecule has 0 unspecified atom stereocenters. The van der Waals surface area contributed by atoms with Gasteiger partial charge >= 0.3 is 0 Å². The number of ketones is 1. The van der Waals surface area contributed by atoms with Crippen LogP contribution in [0.3, 0.4) is 0 Å². The third-order valence-corrected chi connectivity index (χ3v) is 2.27. The Labute approximate surface area is 96.1 Å². The maximum atomic E-state index is 13.3. The maximum Gasteiger partial charge on any atom is 0.165 e. The Hall–Kier alpha value is -1.22. The molecule has 1 aromatic carbocycles. The van der Waals surface area contributed by atoms with Crippen molar-refractivity contribution in [2.75, 3.05) is 14.1 Å². The van der Waals surface area contributed by atoms with E-state index in [4.69, 9.17) is 0 Å². The van der Waals surface area contributed by atoms with E-state index >= 15 is 0 Å². The molecular weight excluding hydrogens is 205 g/mol. The van der Waals surface area contributed by atoms with Crippen LogP contribution in [0.1, 0.15) is 29.8 Å². The molecule has 0 bridgehead atoms. The van der Waals surface area contributed by atoms with Crippen molar-refractivity contribution < 1.29 is 9.18 Å². The summed E-state index contributed by atoms with van der Waals surface area (Å²) in [6.45, 7) is 4.27. The average Bonchev–Trinajstić information content (AvgIpc) is 2.14. The number of carbonyl (C=O) groups is 1. The molecule has 0 saturated heterocycles. The minimum Gasteiger partial charge on any atom is -0.305 e. The van der Waals surface area contributed by atoms with Crippen molar-refractivity contribution in [3.05, 3.63) is 35.1 Å². The van der Waals surface area contributed by atoms with Gasteiger partial charge in [-0.3, -0.25) is 4.79 Å². The van der Waals surface area contributed by atoms with Gasteiger partial charge in [-0.2, -0.15) is 0 Å². The van der Waals surface area contributed by atoms with Crippen molar-refractivity contribution >= 4 is 5.78 Å². The van der Waals surface area contributed by atoms with E-state index in [0.717, 1.165) is 5.56 Å². The summed E-state index contributed by atoms with van der Waals surface area (Å²) in [6, 6.07) is 4.55. The third kappa shape index (κ3) is 3.42. The van der Waals surface area contributed by atoms with Gasteiger partial charge in [-0.25, -0.2) is 4.39 Å². The second-order valence-electron chi connectivity index (χ2n) is 4.60. The number of benzene rings is 1. The topological polar surface area (TPSA) is 20.3 Å². The summed E-state index contributed by atoms with van der Waals surface area (Å²) in [5.41, 5.74) is 1.29. The minimum atomic E-state index is -0.344. The van der Waals surface area contributed by atoms with Gasteiger partial charge in [-0.05, 0) is 37.9 Å². The van der Waals surface area contributed by atoms with E-state index in [1.165, 1.54) is 12.1 Å². The Kier molecular flexibility index (Phi) is 4.19. The first-order valence-corrected chi connectivity index (χ1v) is 5.38. The summed E-state index contributed by atoms with van der Waals surface area (Å²) in [6.07, 6.45) is 0.